The highest BCUT2D eigenvalue weighted by Crippen LogP contribution is 2.15. The number of nitrogens with one attached hydrogen (secondary N) is 1. The first-order valence-corrected chi connectivity index (χ1v) is 6.81. The van der Waals surface area contributed by atoms with Crippen LogP contribution in [0, 0.1) is 0 Å². The number of ether oxygens (including phenoxy) is 2. The van der Waals surface area contributed by atoms with E-state index in [1.165, 1.54) is 5.56 Å². The van der Waals surface area contributed by atoms with Gasteiger partial charge in [-0.1, -0.05) is 44.7 Å². The maximum absolute atomic E-state index is 11.5. The molecule has 0 aliphatic carbocycles. The van der Waals surface area contributed by atoms with E-state index in [4.69, 9.17) is 9.47 Å². The number of hydrogen-bond acceptors (Lipinski definition) is 4. The van der Waals surface area contributed by atoms with Crippen LogP contribution in [0.4, 0.5) is 4.79 Å². The highest BCUT2D eigenvalue weighted by atomic mass is 16.6. The highest BCUT2D eigenvalue weighted by Gasteiger charge is 2.05. The van der Waals surface area contributed by atoms with Crippen molar-refractivity contribution in [2.45, 2.75) is 26.4 Å². The molecule has 0 saturated carbocycles. The molecule has 114 valence electrons. The molecule has 0 heterocycles. The van der Waals surface area contributed by atoms with Crippen molar-refractivity contribution < 1.29 is 19.1 Å². The Morgan fingerprint density at radius 3 is 2.76 bits per heavy atom. The first kappa shape index (κ1) is 16.8. The van der Waals surface area contributed by atoms with Crippen molar-refractivity contribution in [3.63, 3.8) is 0 Å². The fraction of sp³-hybridized carbons (Fsp3) is 0.375. The Morgan fingerprint density at radius 1 is 1.33 bits per heavy atom. The normalized spacial score (nSPS) is 10.0. The lowest BCUT2D eigenvalue weighted by atomic mass is 10.0. The van der Waals surface area contributed by atoms with Crippen LogP contribution in [0.5, 0.6) is 0 Å². The molecule has 0 aliphatic rings. The minimum absolute atomic E-state index is 0.0861. The van der Waals surface area contributed by atoms with Gasteiger partial charge >= 0.3 is 12.1 Å². The predicted octanol–water partition coefficient (Wildman–Crippen LogP) is 2.77. The van der Waals surface area contributed by atoms with E-state index in [0.717, 1.165) is 11.6 Å². The molecular weight excluding hydrogens is 270 g/mol. The molecule has 0 atom stereocenters. The summed E-state index contributed by atoms with van der Waals surface area (Å²) in [7, 11) is 0. The van der Waals surface area contributed by atoms with Crippen LogP contribution in [0.3, 0.4) is 0 Å². The molecule has 0 fully saturated rings. The van der Waals surface area contributed by atoms with Gasteiger partial charge in [0, 0.05) is 6.08 Å². The second-order valence-electron chi connectivity index (χ2n) is 4.77. The van der Waals surface area contributed by atoms with Gasteiger partial charge in [0.1, 0.15) is 13.2 Å². The molecule has 0 radical (unpaired) electrons. The van der Waals surface area contributed by atoms with Gasteiger partial charge in [-0.3, -0.25) is 0 Å². The molecule has 0 aliphatic heterocycles. The maximum atomic E-state index is 11.5. The average Bonchev–Trinajstić information content (AvgIpc) is 2.49. The molecule has 0 unspecified atom stereocenters. The SMILES string of the molecule is C=CC(=O)OCCNC(=O)OCc1cccc(C(C)C)c1. The number of carbonyl (C=O) groups excluding carboxylic acids is 2. The fourth-order valence-electron chi connectivity index (χ4n) is 1.61. The van der Waals surface area contributed by atoms with Gasteiger partial charge in [0.25, 0.3) is 0 Å². The summed E-state index contributed by atoms with van der Waals surface area (Å²) in [5.74, 6) is -0.0889. The van der Waals surface area contributed by atoms with E-state index in [9.17, 15) is 9.59 Å². The minimum Gasteiger partial charge on any atom is -0.461 e. The Kier molecular flexibility index (Phi) is 7.01. The molecule has 5 nitrogen and oxygen atoms in total. The van der Waals surface area contributed by atoms with Crippen LogP contribution < -0.4 is 5.32 Å². The van der Waals surface area contributed by atoms with Gasteiger partial charge in [-0.15, -0.1) is 0 Å². The summed E-state index contributed by atoms with van der Waals surface area (Å²) in [6, 6.07) is 7.91. The largest absolute Gasteiger partial charge is 0.461 e. The Labute approximate surface area is 124 Å². The Bertz CT molecular complexity index is 497. The fourth-order valence-corrected chi connectivity index (χ4v) is 1.61. The molecule has 0 saturated heterocycles. The molecule has 21 heavy (non-hydrogen) atoms. The van der Waals surface area contributed by atoms with Crippen LogP contribution >= 0.6 is 0 Å². The van der Waals surface area contributed by atoms with Crippen molar-refractivity contribution in [2.24, 2.45) is 0 Å². The molecular formula is C16H21NO4. The van der Waals surface area contributed by atoms with Crippen molar-refractivity contribution >= 4 is 12.1 Å². The minimum atomic E-state index is -0.542. The van der Waals surface area contributed by atoms with Crippen LogP contribution in [0.2, 0.25) is 0 Å². The van der Waals surface area contributed by atoms with Crippen LogP contribution in [0.1, 0.15) is 30.9 Å². The van der Waals surface area contributed by atoms with Crippen molar-refractivity contribution in [3.8, 4) is 0 Å². The van der Waals surface area contributed by atoms with Crippen LogP contribution in [-0.2, 0) is 20.9 Å². The molecule has 0 spiro atoms. The Hall–Kier alpha value is -2.30. The Balaban J connectivity index is 2.28. The van der Waals surface area contributed by atoms with Gasteiger partial charge in [0.15, 0.2) is 0 Å². The second kappa shape index (κ2) is 8.79. The van der Waals surface area contributed by atoms with Crippen LogP contribution in [0.15, 0.2) is 36.9 Å². The molecule has 0 bridgehead atoms. The highest BCUT2D eigenvalue weighted by molar-refractivity contribution is 5.81. The topological polar surface area (TPSA) is 64.6 Å². The third kappa shape index (κ3) is 6.61. The zero-order chi connectivity index (χ0) is 15.7. The maximum Gasteiger partial charge on any atom is 0.407 e. The molecule has 0 aromatic heterocycles. The van der Waals surface area contributed by atoms with Crippen molar-refractivity contribution in [1.29, 1.82) is 0 Å². The van der Waals surface area contributed by atoms with E-state index >= 15 is 0 Å². The first-order chi connectivity index (χ1) is 10.0. The van der Waals surface area contributed by atoms with Gasteiger partial charge < -0.3 is 14.8 Å². The first-order valence-electron chi connectivity index (χ1n) is 6.81. The number of esters is 1. The Morgan fingerprint density at radius 2 is 2.10 bits per heavy atom. The van der Waals surface area contributed by atoms with E-state index < -0.39 is 12.1 Å². The molecule has 1 amide bonds. The second-order valence-corrected chi connectivity index (χ2v) is 4.77. The number of rotatable bonds is 7. The molecule has 1 N–H and O–H groups in total. The van der Waals surface area contributed by atoms with E-state index in [0.29, 0.717) is 5.92 Å². The summed E-state index contributed by atoms with van der Waals surface area (Å²) in [4.78, 5) is 22.2. The molecule has 1 rings (SSSR count). The quantitative estimate of drug-likeness (QED) is 0.476. The van der Waals surface area contributed by atoms with E-state index in [-0.39, 0.29) is 19.8 Å². The summed E-state index contributed by atoms with van der Waals surface area (Å²) in [6.07, 6.45) is 0.527. The third-order valence-electron chi connectivity index (χ3n) is 2.77. The van der Waals surface area contributed by atoms with Crippen LogP contribution in [0.25, 0.3) is 0 Å². The zero-order valence-corrected chi connectivity index (χ0v) is 12.4. The number of amides is 1. The lowest BCUT2D eigenvalue weighted by Gasteiger charge is -2.09. The number of carbonyl (C=O) groups is 2. The van der Waals surface area contributed by atoms with Crippen LogP contribution in [-0.4, -0.2) is 25.2 Å². The molecule has 1 aromatic carbocycles. The predicted molar refractivity (Wildman–Crippen MR) is 79.9 cm³/mol. The van der Waals surface area contributed by atoms with Gasteiger partial charge in [-0.05, 0) is 17.0 Å². The van der Waals surface area contributed by atoms with Gasteiger partial charge in [0.05, 0.1) is 6.54 Å². The summed E-state index contributed by atoms with van der Waals surface area (Å²) in [5, 5.41) is 2.50. The summed E-state index contributed by atoms with van der Waals surface area (Å²) >= 11 is 0. The number of benzene rings is 1. The van der Waals surface area contributed by atoms with E-state index in [2.05, 4.69) is 25.7 Å². The van der Waals surface area contributed by atoms with Crippen molar-refractivity contribution in [2.75, 3.05) is 13.2 Å². The molecule has 5 heteroatoms. The summed E-state index contributed by atoms with van der Waals surface area (Å²) < 4.78 is 9.80. The van der Waals surface area contributed by atoms with E-state index in [1.807, 2.05) is 24.3 Å². The van der Waals surface area contributed by atoms with Gasteiger partial charge in [-0.2, -0.15) is 0 Å². The van der Waals surface area contributed by atoms with Crippen molar-refractivity contribution in [3.05, 3.63) is 48.0 Å². The van der Waals surface area contributed by atoms with E-state index in [1.54, 1.807) is 0 Å². The third-order valence-corrected chi connectivity index (χ3v) is 2.77. The van der Waals surface area contributed by atoms with Gasteiger partial charge in [0.2, 0.25) is 0 Å². The lowest BCUT2D eigenvalue weighted by molar-refractivity contribution is -0.137. The summed E-state index contributed by atoms with van der Waals surface area (Å²) in [5.41, 5.74) is 2.14. The number of alkyl carbamates (subject to hydrolysis) is 1. The smallest absolute Gasteiger partial charge is 0.407 e. The standard InChI is InChI=1S/C16H21NO4/c1-4-15(18)20-9-8-17-16(19)21-11-13-6-5-7-14(10-13)12(2)3/h4-7,10,12H,1,8-9,11H2,2-3H3,(H,17,19). The molecule has 1 aromatic rings. The van der Waals surface area contributed by atoms with Crippen molar-refractivity contribution in [1.82, 2.24) is 5.32 Å². The zero-order valence-electron chi connectivity index (χ0n) is 12.4. The average molecular weight is 291 g/mol. The monoisotopic (exact) mass is 291 g/mol. The number of hydrogen-bond donors (Lipinski definition) is 1. The van der Waals surface area contributed by atoms with Gasteiger partial charge in [-0.25, -0.2) is 9.59 Å². The lowest BCUT2D eigenvalue weighted by Crippen LogP contribution is -2.28. The summed E-state index contributed by atoms with van der Waals surface area (Å²) in [6.45, 7) is 7.98.